The Hall–Kier alpha value is -5.88. The zero-order valence-electron chi connectivity index (χ0n) is 27.9. The largest absolute Gasteiger partial charge is 0.417 e. The van der Waals surface area contributed by atoms with Gasteiger partial charge < -0.3 is 20.9 Å². The number of benzene rings is 4. The molecule has 0 bridgehead atoms. The zero-order valence-corrected chi connectivity index (χ0v) is 25.9. The molecule has 4 N–H and O–H groups in total. The molecule has 52 heavy (non-hydrogen) atoms. The average molecular weight is 745 g/mol. The van der Waals surface area contributed by atoms with Crippen molar-refractivity contribution in [1.82, 2.24) is 0 Å². The fraction of sp³-hybridized carbons (Fsp3) is 0.152. The number of esters is 4. The third-order valence-electron chi connectivity index (χ3n) is 7.90. The first-order valence-corrected chi connectivity index (χ1v) is 13.9. The lowest BCUT2D eigenvalue weighted by Crippen LogP contribution is -2.55. The molecule has 2 radical (unpaired) electrons. The molecule has 4 aromatic carbocycles. The van der Waals surface area contributed by atoms with Gasteiger partial charge in [-0.2, -0.15) is 39.5 Å². The Morgan fingerprint density at radius 2 is 0.942 bits per heavy atom. The van der Waals surface area contributed by atoms with Crippen molar-refractivity contribution in [2.75, 3.05) is 11.5 Å². The van der Waals surface area contributed by atoms with Crippen molar-refractivity contribution >= 4 is 43.6 Å². The van der Waals surface area contributed by atoms with Crippen molar-refractivity contribution in [2.45, 2.75) is 30.9 Å². The summed E-state index contributed by atoms with van der Waals surface area (Å²) in [6, 6.07) is 11.2. The molecule has 8 nitrogen and oxygen atoms in total. The summed E-state index contributed by atoms with van der Waals surface area (Å²) >= 11 is 0. The SMILES string of the molecule is Cc1cc(N)ccc1-c1ccc(N)cc1C(F)(F)F.O=C1OC(=O)c2cc(C(c3ccc4c(c3)C(=O)OC4=O)(C(F)(F)F)C(F)(F)F)ccc21.[2H][B].[3H]F. The van der Waals surface area contributed by atoms with Crippen LogP contribution in [0.1, 0.15) is 63.7 Å². The van der Waals surface area contributed by atoms with Gasteiger partial charge in [-0.1, -0.05) is 24.3 Å². The van der Waals surface area contributed by atoms with Crippen molar-refractivity contribution in [3.05, 3.63) is 117 Å². The number of alkyl halides is 9. The van der Waals surface area contributed by atoms with E-state index in [4.69, 9.17) is 17.5 Å². The molecule has 272 valence electrons. The number of hydrogen-bond acceptors (Lipinski definition) is 8. The number of carbonyl (C=O) groups excluding carboxylic acids is 4. The summed E-state index contributed by atoms with van der Waals surface area (Å²) in [7, 11) is 3.75. The maximum Gasteiger partial charge on any atom is 0.417 e. The average Bonchev–Trinajstić information content (AvgIpc) is 3.53. The van der Waals surface area contributed by atoms with E-state index in [9.17, 15) is 58.7 Å². The topological polar surface area (TPSA) is 139 Å². The van der Waals surface area contributed by atoms with Crippen LogP contribution in [0, 0.1) is 6.92 Å². The number of fused-ring (bicyclic) bond motifs is 2. The molecule has 6 rings (SSSR count). The Kier molecular flexibility index (Phi) is 9.84. The highest BCUT2D eigenvalue weighted by molar-refractivity contribution is 6.15. The number of nitrogens with two attached hydrogens (primary N) is 2. The first-order chi connectivity index (χ1) is 25.1. The predicted molar refractivity (Wildman–Crippen MR) is 165 cm³/mol. The third kappa shape index (κ3) is 6.77. The number of nitrogen functional groups attached to an aromatic ring is 2. The fourth-order valence-corrected chi connectivity index (χ4v) is 5.64. The minimum absolute atomic E-state index is 0.0872. The van der Waals surface area contributed by atoms with E-state index < -0.39 is 86.8 Å². The van der Waals surface area contributed by atoms with Gasteiger partial charge in [-0.15, -0.1) is 0 Å². The van der Waals surface area contributed by atoms with E-state index >= 15 is 0 Å². The summed E-state index contributed by atoms with van der Waals surface area (Å²) in [6.07, 6.45) is -16.5. The highest BCUT2D eigenvalue weighted by Crippen LogP contribution is 2.57. The Labute approximate surface area is 290 Å². The van der Waals surface area contributed by atoms with Gasteiger partial charge in [0.05, 0.1) is 27.8 Å². The van der Waals surface area contributed by atoms with Crippen LogP contribution < -0.4 is 11.5 Å². The number of cyclic esters (lactones) is 4. The van der Waals surface area contributed by atoms with Gasteiger partial charge in [0, 0.05) is 19.8 Å². The molecule has 4 aromatic rings. The minimum atomic E-state index is -6.02. The van der Waals surface area contributed by atoms with Crippen LogP contribution in [-0.4, -0.2) is 47.4 Å². The van der Waals surface area contributed by atoms with Crippen LogP contribution in [-0.2, 0) is 21.1 Å². The van der Waals surface area contributed by atoms with Gasteiger partial charge in [0.2, 0.25) is 5.41 Å². The molecule has 0 spiro atoms. The molecule has 0 amide bonds. The van der Waals surface area contributed by atoms with Gasteiger partial charge in [0.1, 0.15) is 0 Å². The second kappa shape index (κ2) is 13.7. The van der Waals surface area contributed by atoms with E-state index in [-0.39, 0.29) is 23.4 Å². The van der Waals surface area contributed by atoms with Gasteiger partial charge in [-0.3, -0.25) is 4.72 Å². The molecule has 2 aliphatic heterocycles. The molecule has 2 heterocycles. The van der Waals surface area contributed by atoms with Crippen LogP contribution in [0.25, 0.3) is 11.1 Å². The Morgan fingerprint density at radius 1 is 0.577 bits per heavy atom. The number of carbonyl (C=O) groups is 4. The van der Waals surface area contributed by atoms with Crippen molar-refractivity contribution in [3.63, 3.8) is 0 Å². The minimum Gasteiger partial charge on any atom is -0.399 e. The van der Waals surface area contributed by atoms with E-state index in [1.165, 1.54) is 12.1 Å². The number of hydrogen-bond donors (Lipinski definition) is 2. The molecule has 2 aliphatic rings. The number of halogens is 10. The van der Waals surface area contributed by atoms with Gasteiger partial charge in [-0.05, 0) is 84.6 Å². The van der Waals surface area contributed by atoms with Gasteiger partial charge >= 0.3 is 42.4 Å². The van der Waals surface area contributed by atoms with Gasteiger partial charge in [0.15, 0.2) is 0 Å². The molecule has 19 heteroatoms. The van der Waals surface area contributed by atoms with E-state index in [0.717, 1.165) is 6.07 Å². The maximum atomic E-state index is 14.2. The second-order valence-electron chi connectivity index (χ2n) is 11.0. The van der Waals surface area contributed by atoms with Gasteiger partial charge in [0.25, 0.3) is 1.45 Å². The fourth-order valence-electron chi connectivity index (χ4n) is 5.64. The van der Waals surface area contributed by atoms with Crippen LogP contribution in [0.2, 0.25) is 0 Å². The van der Waals surface area contributed by atoms with Crippen LogP contribution in [0.5, 0.6) is 0 Å². The van der Waals surface area contributed by atoms with Crippen molar-refractivity contribution in [2.24, 2.45) is 0 Å². The van der Waals surface area contributed by atoms with Crippen LogP contribution in [0.3, 0.4) is 0 Å². The monoisotopic (exact) mass is 745 g/mol. The quantitative estimate of drug-likeness (QED) is 0.0747. The predicted octanol–water partition coefficient (Wildman–Crippen LogP) is 7.07. The second-order valence-corrected chi connectivity index (χ2v) is 11.0. The first-order valence-electron chi connectivity index (χ1n) is 14.8. The molecule has 0 unspecified atom stereocenters. The maximum absolute atomic E-state index is 14.2. The van der Waals surface area contributed by atoms with Crippen molar-refractivity contribution in [3.8, 4) is 11.1 Å². The lowest BCUT2D eigenvalue weighted by Gasteiger charge is -2.38. The van der Waals surface area contributed by atoms with E-state index in [2.05, 4.69) is 19.3 Å². The molecular formula is C33H21BF10N2O6. The van der Waals surface area contributed by atoms with Crippen molar-refractivity contribution < 1.29 is 72.9 Å². The van der Waals surface area contributed by atoms with E-state index in [0.29, 0.717) is 41.1 Å². The molecule has 0 aromatic heterocycles. The Bertz CT molecular complexity index is 2030. The molecule has 0 aliphatic carbocycles. The lowest BCUT2D eigenvalue weighted by molar-refractivity contribution is -0.288. The summed E-state index contributed by atoms with van der Waals surface area (Å²) in [5.74, 6) is -5.23. The normalized spacial score (nSPS) is 14.1. The third-order valence-corrected chi connectivity index (χ3v) is 7.90. The Morgan fingerprint density at radius 3 is 1.33 bits per heavy atom. The lowest BCUT2D eigenvalue weighted by atomic mass is 9.71. The van der Waals surface area contributed by atoms with E-state index in [1.54, 1.807) is 25.1 Å². The summed E-state index contributed by atoms with van der Waals surface area (Å²) in [6.45, 7) is 1.72. The molecule has 0 saturated carbocycles. The number of rotatable bonds is 3. The first kappa shape index (κ1) is 37.4. The highest BCUT2D eigenvalue weighted by atomic mass is 19.4. The van der Waals surface area contributed by atoms with Crippen LogP contribution in [0.4, 0.5) is 55.6 Å². The molecule has 0 atom stereocenters. The van der Waals surface area contributed by atoms with E-state index in [1.807, 2.05) is 0 Å². The summed E-state index contributed by atoms with van der Waals surface area (Å²) < 4.78 is 151. The summed E-state index contributed by atoms with van der Waals surface area (Å²) in [5.41, 5.74) is 2.14. The molecule has 0 saturated heterocycles. The smallest absolute Gasteiger partial charge is 0.399 e. The number of aryl methyl sites for hydroxylation is 1. The highest BCUT2D eigenvalue weighted by Gasteiger charge is 2.73. The zero-order chi connectivity index (χ0) is 41.1. The van der Waals surface area contributed by atoms with Gasteiger partial charge in [-0.25, -0.2) is 19.2 Å². The van der Waals surface area contributed by atoms with Crippen LogP contribution in [0.15, 0.2) is 72.8 Å². The summed E-state index contributed by atoms with van der Waals surface area (Å²) in [5, 5.41) is 0. The molecular weight excluding hydrogens is 721 g/mol. The van der Waals surface area contributed by atoms with Crippen molar-refractivity contribution in [1.29, 1.82) is 2.79 Å². The van der Waals surface area contributed by atoms with Crippen LogP contribution >= 0.6 is 0 Å². The Balaban J connectivity index is 0.000000292. The molecule has 0 fully saturated rings. The number of ether oxygens (including phenoxy) is 2. The summed E-state index contributed by atoms with van der Waals surface area (Å²) in [4.78, 5) is 46.5. The standard InChI is InChI=1S/C19H6F6O6.C14H13F3N2.BH.FH/c20-18(21,22)17(19(23,24)25,7-1-3-9-11(5-7)15(28)30-13(9)26)8-2-4-10-12(6-8)16(29)31-14(10)27;1-8-6-9(18)2-4-11(8)12-5-3-10(19)7-13(12)14(15,16)17;;/h1-6H;2-7H,18-19H2,1H3;2*1H/i;;1D;/hT. The number of anilines is 2.